The maximum Gasteiger partial charge on any atom is 0.106 e. The molecule has 0 aromatic heterocycles. The van der Waals surface area contributed by atoms with Crippen molar-refractivity contribution in [1.82, 2.24) is 0 Å². The van der Waals surface area contributed by atoms with Crippen molar-refractivity contribution < 1.29 is 14.2 Å². The maximum absolute atomic E-state index is 6.66. The highest BCUT2D eigenvalue weighted by atomic mass is 32.2. The fraction of sp³-hybridized carbons (Fsp3) is 0.273. The zero-order chi connectivity index (χ0) is 25.8. The molecule has 5 rings (SSSR count). The average Bonchev–Trinajstić information content (AvgIpc) is 3.32. The van der Waals surface area contributed by atoms with Crippen LogP contribution in [0.4, 0.5) is 0 Å². The summed E-state index contributed by atoms with van der Waals surface area (Å²) in [6, 6.07) is 41.8. The van der Waals surface area contributed by atoms with Gasteiger partial charge >= 0.3 is 0 Å². The molecule has 1 aliphatic heterocycles. The first-order chi connectivity index (χ1) is 18.8. The Kier molecular flexibility index (Phi) is 10.4. The molecule has 0 bridgehead atoms. The number of rotatable bonds is 13. The van der Waals surface area contributed by atoms with Crippen LogP contribution in [-0.4, -0.2) is 28.6 Å². The quantitative estimate of drug-likeness (QED) is 0.172. The van der Waals surface area contributed by atoms with Crippen LogP contribution in [0.25, 0.3) is 0 Å². The summed E-state index contributed by atoms with van der Waals surface area (Å²) < 4.78 is 19.8. The summed E-state index contributed by atoms with van der Waals surface area (Å²) in [5.41, 5.74) is 4.85. The summed E-state index contributed by atoms with van der Waals surface area (Å²) in [6.07, 6.45) is -0.129. The Hall–Kier alpha value is -2.54. The number of hydrogen-bond donors (Lipinski definition) is 0. The van der Waals surface area contributed by atoms with Crippen molar-refractivity contribution in [3.8, 4) is 0 Å². The van der Waals surface area contributed by atoms with Crippen LogP contribution in [-0.2, 0) is 39.8 Å². The van der Waals surface area contributed by atoms with Crippen molar-refractivity contribution in [1.29, 1.82) is 0 Å². The van der Waals surface area contributed by atoms with Crippen molar-refractivity contribution >= 4 is 23.5 Å². The molecule has 5 heteroatoms. The smallest absolute Gasteiger partial charge is 0.106 e. The van der Waals surface area contributed by atoms with Crippen LogP contribution in [0.1, 0.15) is 22.3 Å². The third kappa shape index (κ3) is 7.98. The summed E-state index contributed by atoms with van der Waals surface area (Å²) in [6.45, 7) is 2.34. The highest BCUT2D eigenvalue weighted by Gasteiger charge is 2.46. The van der Waals surface area contributed by atoms with E-state index in [0.717, 1.165) is 5.75 Å². The van der Waals surface area contributed by atoms with Crippen molar-refractivity contribution in [3.05, 3.63) is 144 Å². The van der Waals surface area contributed by atoms with Gasteiger partial charge < -0.3 is 14.2 Å². The van der Waals surface area contributed by atoms with Crippen LogP contribution >= 0.6 is 23.5 Å². The minimum absolute atomic E-state index is 0.0528. The van der Waals surface area contributed by atoms with Gasteiger partial charge in [-0.15, -0.1) is 23.5 Å². The molecule has 0 aliphatic carbocycles. The Labute approximate surface area is 234 Å². The van der Waals surface area contributed by atoms with E-state index in [1.807, 2.05) is 41.7 Å². The minimum Gasteiger partial charge on any atom is -0.376 e. The Balaban J connectivity index is 1.31. The SMILES string of the molecule is c1ccc(COC[C@H]2SC(SCc3ccccc3)C(OCc3ccccc3)[C@H]2OCc2ccccc2)cc1. The van der Waals surface area contributed by atoms with Crippen LogP contribution in [0.2, 0.25) is 0 Å². The summed E-state index contributed by atoms with van der Waals surface area (Å²) >= 11 is 3.88. The molecule has 1 aliphatic rings. The van der Waals surface area contributed by atoms with Crippen molar-refractivity contribution in [2.75, 3.05) is 6.61 Å². The van der Waals surface area contributed by atoms with Gasteiger partial charge in [-0.05, 0) is 22.3 Å². The molecule has 0 amide bonds. The summed E-state index contributed by atoms with van der Waals surface area (Å²) in [7, 11) is 0. The van der Waals surface area contributed by atoms with E-state index in [9.17, 15) is 0 Å². The predicted molar refractivity (Wildman–Crippen MR) is 159 cm³/mol. The molecule has 0 N–H and O–H groups in total. The van der Waals surface area contributed by atoms with Gasteiger partial charge in [0.15, 0.2) is 0 Å². The molecule has 0 spiro atoms. The Morgan fingerprint density at radius 3 is 1.50 bits per heavy atom. The van der Waals surface area contributed by atoms with Gasteiger partial charge in [-0.25, -0.2) is 0 Å². The third-order valence-corrected chi connectivity index (χ3v) is 9.62. The van der Waals surface area contributed by atoms with Gasteiger partial charge in [0.05, 0.1) is 36.3 Å². The molecule has 2 unspecified atom stereocenters. The van der Waals surface area contributed by atoms with E-state index >= 15 is 0 Å². The second kappa shape index (κ2) is 14.6. The normalized spacial score (nSPS) is 20.9. The van der Waals surface area contributed by atoms with E-state index in [-0.39, 0.29) is 22.0 Å². The van der Waals surface area contributed by atoms with E-state index in [1.54, 1.807) is 0 Å². The van der Waals surface area contributed by atoms with Gasteiger partial charge in [-0.2, -0.15) is 0 Å². The molecular formula is C33H34O3S2. The first-order valence-corrected chi connectivity index (χ1v) is 15.1. The van der Waals surface area contributed by atoms with Crippen molar-refractivity contribution in [3.63, 3.8) is 0 Å². The Morgan fingerprint density at radius 1 is 0.526 bits per heavy atom. The molecule has 4 aromatic carbocycles. The standard InChI is InChI=1S/C33H34O3S2/c1-5-13-26(14-6-1)21-34-24-30-31(35-22-27-15-7-2-8-16-27)32(36-23-28-17-9-3-10-18-28)33(38-30)37-25-29-19-11-4-12-20-29/h1-20,30-33H,21-25H2/t30-,31+,32?,33?/m1/s1. The average molecular weight is 543 g/mol. The fourth-order valence-electron chi connectivity index (χ4n) is 4.49. The molecule has 0 saturated carbocycles. The minimum atomic E-state index is -0.0760. The number of hydrogen-bond acceptors (Lipinski definition) is 5. The highest BCUT2D eigenvalue weighted by molar-refractivity contribution is 8.17. The summed E-state index contributed by atoms with van der Waals surface area (Å²) in [4.78, 5) is 0. The van der Waals surface area contributed by atoms with Gasteiger partial charge in [-0.1, -0.05) is 121 Å². The van der Waals surface area contributed by atoms with Gasteiger partial charge in [0.2, 0.25) is 0 Å². The topological polar surface area (TPSA) is 27.7 Å². The molecule has 1 fully saturated rings. The second-order valence-corrected chi connectivity index (χ2v) is 12.2. The van der Waals surface area contributed by atoms with E-state index in [2.05, 4.69) is 103 Å². The Bertz CT molecular complexity index is 1190. The predicted octanol–water partition coefficient (Wildman–Crippen LogP) is 7.75. The molecule has 1 heterocycles. The molecule has 38 heavy (non-hydrogen) atoms. The molecule has 4 aromatic rings. The van der Waals surface area contributed by atoms with Crippen LogP contribution in [0.15, 0.2) is 121 Å². The van der Waals surface area contributed by atoms with E-state index in [0.29, 0.717) is 26.4 Å². The van der Waals surface area contributed by atoms with Gasteiger partial charge in [-0.3, -0.25) is 0 Å². The van der Waals surface area contributed by atoms with Crippen LogP contribution in [0.5, 0.6) is 0 Å². The lowest BCUT2D eigenvalue weighted by Crippen LogP contribution is -2.38. The van der Waals surface area contributed by atoms with E-state index < -0.39 is 0 Å². The second-order valence-electron chi connectivity index (χ2n) is 9.36. The lowest BCUT2D eigenvalue weighted by molar-refractivity contribution is -0.0793. The lowest BCUT2D eigenvalue weighted by Gasteiger charge is -2.26. The van der Waals surface area contributed by atoms with E-state index in [4.69, 9.17) is 14.2 Å². The molecule has 4 atom stereocenters. The van der Waals surface area contributed by atoms with Gasteiger partial charge in [0, 0.05) is 5.75 Å². The zero-order valence-electron chi connectivity index (χ0n) is 21.4. The number of ether oxygens (including phenoxy) is 3. The zero-order valence-corrected chi connectivity index (χ0v) is 23.1. The largest absolute Gasteiger partial charge is 0.376 e. The first kappa shape index (κ1) is 27.0. The van der Waals surface area contributed by atoms with Gasteiger partial charge in [0.25, 0.3) is 0 Å². The van der Waals surface area contributed by atoms with Crippen LogP contribution in [0, 0.1) is 0 Å². The molecule has 1 saturated heterocycles. The molecular weight excluding hydrogens is 508 g/mol. The highest BCUT2D eigenvalue weighted by Crippen LogP contribution is 2.45. The summed E-state index contributed by atoms with van der Waals surface area (Å²) in [5, 5.41) is 0.177. The first-order valence-electron chi connectivity index (χ1n) is 13.1. The van der Waals surface area contributed by atoms with Crippen molar-refractivity contribution in [2.45, 2.75) is 47.6 Å². The third-order valence-electron chi connectivity index (χ3n) is 6.49. The molecule has 0 radical (unpaired) electrons. The lowest BCUT2D eigenvalue weighted by atomic mass is 10.1. The fourth-order valence-corrected chi connectivity index (χ4v) is 7.71. The monoisotopic (exact) mass is 542 g/mol. The summed E-state index contributed by atoms with van der Waals surface area (Å²) in [5.74, 6) is 0.937. The van der Waals surface area contributed by atoms with Crippen LogP contribution in [0.3, 0.4) is 0 Å². The van der Waals surface area contributed by atoms with Crippen LogP contribution < -0.4 is 0 Å². The van der Waals surface area contributed by atoms with Gasteiger partial charge in [0.1, 0.15) is 12.2 Å². The number of benzene rings is 4. The van der Waals surface area contributed by atoms with Crippen molar-refractivity contribution in [2.24, 2.45) is 0 Å². The van der Waals surface area contributed by atoms with E-state index in [1.165, 1.54) is 22.3 Å². The Morgan fingerprint density at radius 2 is 0.974 bits per heavy atom. The maximum atomic E-state index is 6.66. The number of thioether (sulfide) groups is 2. The molecule has 196 valence electrons. The molecule has 3 nitrogen and oxygen atoms in total.